The first-order chi connectivity index (χ1) is 6.11. The Morgan fingerprint density at radius 3 is 2.31 bits per heavy atom. The molecule has 0 aliphatic rings. The predicted octanol–water partition coefficient (Wildman–Crippen LogP) is -0.371. The molecule has 0 heterocycles. The number of hydrogen-bond donors (Lipinski definition) is 2. The van der Waals surface area contributed by atoms with E-state index in [1.54, 1.807) is 6.92 Å². The number of hydrogen-bond acceptors (Lipinski definition) is 3. The molecule has 0 fully saturated rings. The van der Waals surface area contributed by atoms with Crippen molar-refractivity contribution in [2.75, 3.05) is 0 Å². The maximum absolute atomic E-state index is 12.7. The van der Waals surface area contributed by atoms with Gasteiger partial charge in [-0.05, 0) is 24.0 Å². The molecule has 0 aliphatic heterocycles. The Kier molecular flexibility index (Phi) is 4.95. The molecule has 5 heteroatoms. The SMILES string of the molecule is C=O.Cc1ccc(B(O)O)cc1F. The van der Waals surface area contributed by atoms with Crippen molar-refractivity contribution in [2.45, 2.75) is 6.92 Å². The van der Waals surface area contributed by atoms with Crippen LogP contribution in [0, 0.1) is 12.7 Å². The van der Waals surface area contributed by atoms with Crippen LogP contribution < -0.4 is 5.46 Å². The van der Waals surface area contributed by atoms with Gasteiger partial charge in [-0.25, -0.2) is 4.39 Å². The number of carbonyl (C=O) groups is 1. The summed E-state index contributed by atoms with van der Waals surface area (Å²) in [6.45, 7) is 3.61. The van der Waals surface area contributed by atoms with E-state index in [9.17, 15) is 4.39 Å². The second-order valence-corrected chi connectivity index (χ2v) is 2.38. The number of halogens is 1. The molecule has 0 radical (unpaired) electrons. The summed E-state index contributed by atoms with van der Waals surface area (Å²) in [7, 11) is -1.59. The lowest BCUT2D eigenvalue weighted by Gasteiger charge is -2.00. The van der Waals surface area contributed by atoms with Crippen LogP contribution in [0.2, 0.25) is 0 Å². The van der Waals surface area contributed by atoms with Crippen LogP contribution in [0.5, 0.6) is 0 Å². The summed E-state index contributed by atoms with van der Waals surface area (Å²) in [6.07, 6.45) is 0. The Labute approximate surface area is 76.0 Å². The quantitative estimate of drug-likeness (QED) is 0.585. The van der Waals surface area contributed by atoms with Gasteiger partial charge in [0.15, 0.2) is 0 Å². The highest BCUT2D eigenvalue weighted by molar-refractivity contribution is 6.58. The third-order valence-corrected chi connectivity index (χ3v) is 1.49. The van der Waals surface area contributed by atoms with E-state index < -0.39 is 12.9 Å². The first-order valence-electron chi connectivity index (χ1n) is 3.52. The average Bonchev–Trinajstić information content (AvgIpc) is 2.13. The van der Waals surface area contributed by atoms with Crippen molar-refractivity contribution in [3.63, 3.8) is 0 Å². The Morgan fingerprint density at radius 1 is 1.38 bits per heavy atom. The number of benzene rings is 1. The number of aryl methyl sites for hydroxylation is 1. The molecule has 1 aromatic carbocycles. The summed E-state index contributed by atoms with van der Waals surface area (Å²) in [4.78, 5) is 8.00. The molecule has 3 nitrogen and oxygen atoms in total. The zero-order valence-electron chi connectivity index (χ0n) is 7.20. The maximum Gasteiger partial charge on any atom is 0.488 e. The number of carbonyl (C=O) groups excluding carboxylic acids is 1. The van der Waals surface area contributed by atoms with Crippen molar-refractivity contribution in [3.05, 3.63) is 29.6 Å². The van der Waals surface area contributed by atoms with Crippen molar-refractivity contribution >= 4 is 19.4 Å². The summed E-state index contributed by atoms with van der Waals surface area (Å²) in [5.74, 6) is -0.421. The topological polar surface area (TPSA) is 57.5 Å². The smallest absolute Gasteiger partial charge is 0.423 e. The largest absolute Gasteiger partial charge is 0.488 e. The molecule has 0 atom stereocenters. The van der Waals surface area contributed by atoms with Gasteiger partial charge in [-0.3, -0.25) is 0 Å². The van der Waals surface area contributed by atoms with Gasteiger partial charge in [0.25, 0.3) is 0 Å². The summed E-state index contributed by atoms with van der Waals surface area (Å²) in [6, 6.07) is 4.09. The molecule has 0 bridgehead atoms. The van der Waals surface area contributed by atoms with Crippen LogP contribution in [0.25, 0.3) is 0 Å². The molecule has 0 spiro atoms. The van der Waals surface area contributed by atoms with Crippen molar-refractivity contribution in [1.82, 2.24) is 0 Å². The zero-order chi connectivity index (χ0) is 10.4. The molecule has 1 aromatic rings. The summed E-state index contributed by atoms with van der Waals surface area (Å²) in [5, 5.41) is 17.3. The second-order valence-electron chi connectivity index (χ2n) is 2.38. The van der Waals surface area contributed by atoms with Gasteiger partial charge in [0.05, 0.1) is 0 Å². The van der Waals surface area contributed by atoms with Gasteiger partial charge in [0.2, 0.25) is 0 Å². The lowest BCUT2D eigenvalue weighted by Crippen LogP contribution is -2.30. The Morgan fingerprint density at radius 2 is 1.92 bits per heavy atom. The normalized spacial score (nSPS) is 8.62. The van der Waals surface area contributed by atoms with Crippen LogP contribution in [0.15, 0.2) is 18.2 Å². The lowest BCUT2D eigenvalue weighted by molar-refractivity contribution is -0.0979. The van der Waals surface area contributed by atoms with E-state index in [-0.39, 0.29) is 5.46 Å². The van der Waals surface area contributed by atoms with Crippen LogP contribution in [-0.4, -0.2) is 24.0 Å². The third kappa shape index (κ3) is 3.35. The first-order valence-corrected chi connectivity index (χ1v) is 3.52. The van der Waals surface area contributed by atoms with Gasteiger partial charge < -0.3 is 14.8 Å². The van der Waals surface area contributed by atoms with Gasteiger partial charge >= 0.3 is 7.12 Å². The molecule has 0 amide bonds. The Balaban J connectivity index is 0.000000671. The van der Waals surface area contributed by atoms with Crippen molar-refractivity contribution in [1.29, 1.82) is 0 Å². The van der Waals surface area contributed by atoms with Gasteiger partial charge in [-0.1, -0.05) is 12.1 Å². The van der Waals surface area contributed by atoms with Crippen LogP contribution >= 0.6 is 0 Å². The molecule has 0 aromatic heterocycles. The molecule has 1 rings (SSSR count). The molecule has 0 saturated heterocycles. The highest BCUT2D eigenvalue weighted by Crippen LogP contribution is 2.01. The van der Waals surface area contributed by atoms with Crippen molar-refractivity contribution in [3.8, 4) is 0 Å². The van der Waals surface area contributed by atoms with Crippen LogP contribution in [0.3, 0.4) is 0 Å². The zero-order valence-corrected chi connectivity index (χ0v) is 7.20. The van der Waals surface area contributed by atoms with E-state index in [1.807, 2.05) is 6.79 Å². The predicted molar refractivity (Wildman–Crippen MR) is 48.1 cm³/mol. The van der Waals surface area contributed by atoms with Gasteiger partial charge in [-0.2, -0.15) is 0 Å². The minimum absolute atomic E-state index is 0.174. The van der Waals surface area contributed by atoms with Gasteiger partial charge in [0.1, 0.15) is 12.6 Å². The lowest BCUT2D eigenvalue weighted by atomic mass is 9.80. The van der Waals surface area contributed by atoms with Crippen molar-refractivity contribution in [2.24, 2.45) is 0 Å². The molecule has 2 N–H and O–H groups in total. The highest BCUT2D eigenvalue weighted by Gasteiger charge is 2.11. The number of rotatable bonds is 1. The highest BCUT2D eigenvalue weighted by atomic mass is 19.1. The fraction of sp³-hybridized carbons (Fsp3) is 0.125. The van der Waals surface area contributed by atoms with E-state index in [1.165, 1.54) is 12.1 Å². The van der Waals surface area contributed by atoms with Crippen molar-refractivity contribution < 1.29 is 19.2 Å². The minimum Gasteiger partial charge on any atom is -0.423 e. The Bertz CT molecular complexity index is 278. The van der Waals surface area contributed by atoms with Crippen LogP contribution in [0.1, 0.15) is 5.56 Å². The summed E-state index contributed by atoms with van der Waals surface area (Å²) < 4.78 is 12.7. The molecule has 0 aliphatic carbocycles. The fourth-order valence-corrected chi connectivity index (χ4v) is 0.770. The first kappa shape index (κ1) is 11.8. The van der Waals surface area contributed by atoms with Gasteiger partial charge in [0, 0.05) is 0 Å². The fourth-order valence-electron chi connectivity index (χ4n) is 0.770. The average molecular weight is 184 g/mol. The summed E-state index contributed by atoms with van der Waals surface area (Å²) in [5.41, 5.74) is 0.669. The molecular weight excluding hydrogens is 174 g/mol. The van der Waals surface area contributed by atoms with E-state index in [0.29, 0.717) is 5.56 Å². The molecule has 0 saturated carbocycles. The molecular formula is C8H10BFO3. The second kappa shape index (κ2) is 5.45. The molecule has 0 unspecified atom stereocenters. The van der Waals surface area contributed by atoms with Crippen LogP contribution in [0.4, 0.5) is 4.39 Å². The van der Waals surface area contributed by atoms with Gasteiger partial charge in [-0.15, -0.1) is 0 Å². The summed E-state index contributed by atoms with van der Waals surface area (Å²) >= 11 is 0. The monoisotopic (exact) mass is 184 g/mol. The van der Waals surface area contributed by atoms with E-state index >= 15 is 0 Å². The third-order valence-electron chi connectivity index (χ3n) is 1.49. The van der Waals surface area contributed by atoms with Crippen LogP contribution in [-0.2, 0) is 4.79 Å². The molecule has 70 valence electrons. The van der Waals surface area contributed by atoms with E-state index in [4.69, 9.17) is 14.8 Å². The molecule has 13 heavy (non-hydrogen) atoms. The standard InChI is InChI=1S/C7H8BFO2.CH2O/c1-5-2-3-6(8(10)11)4-7(5)9;1-2/h2-4,10-11H,1H3;1H2. The Hall–Kier alpha value is -1.20. The van der Waals surface area contributed by atoms with E-state index in [2.05, 4.69) is 0 Å². The minimum atomic E-state index is -1.59. The maximum atomic E-state index is 12.7. The van der Waals surface area contributed by atoms with E-state index in [0.717, 1.165) is 6.07 Å².